The number of amides is 1. The van der Waals surface area contributed by atoms with Gasteiger partial charge in [-0.3, -0.25) is 4.79 Å². The number of carbonyl (C=O) groups is 1. The number of halogens is 1. The Labute approximate surface area is 186 Å². The van der Waals surface area contributed by atoms with Gasteiger partial charge in [-0.1, -0.05) is 29.8 Å². The van der Waals surface area contributed by atoms with E-state index in [4.69, 9.17) is 11.6 Å². The number of fused-ring (bicyclic) bond motifs is 3. The number of rotatable bonds is 6. The number of nitrogens with one attached hydrogen (secondary N) is 1. The first-order chi connectivity index (χ1) is 14.8. The Morgan fingerprint density at radius 2 is 1.90 bits per heavy atom. The lowest BCUT2D eigenvalue weighted by molar-refractivity contribution is -0.125. The highest BCUT2D eigenvalue weighted by molar-refractivity contribution is 7.90. The van der Waals surface area contributed by atoms with Crippen molar-refractivity contribution in [1.29, 1.82) is 0 Å². The van der Waals surface area contributed by atoms with Crippen molar-refractivity contribution in [2.75, 3.05) is 30.0 Å². The summed E-state index contributed by atoms with van der Waals surface area (Å²) in [4.78, 5) is 15.3. The summed E-state index contributed by atoms with van der Waals surface area (Å²) in [5.41, 5.74) is 3.54. The van der Waals surface area contributed by atoms with Gasteiger partial charge in [0.15, 0.2) is 0 Å². The van der Waals surface area contributed by atoms with Gasteiger partial charge in [0.1, 0.15) is 15.3 Å². The minimum atomic E-state index is -3.04. The molecule has 1 saturated heterocycles. The Morgan fingerprint density at radius 3 is 2.61 bits per heavy atom. The minimum Gasteiger partial charge on any atom is -0.343 e. The summed E-state index contributed by atoms with van der Waals surface area (Å²) < 4.78 is 25.4. The molecule has 8 heteroatoms. The van der Waals surface area contributed by atoms with Crippen molar-refractivity contribution in [3.8, 4) is 0 Å². The third-order valence-corrected chi connectivity index (χ3v) is 7.65. The summed E-state index contributed by atoms with van der Waals surface area (Å²) in [6.07, 6.45) is 1.77. The molecule has 3 heterocycles. The number of hydrogen-bond acceptors (Lipinski definition) is 4. The molecule has 0 bridgehead atoms. The molecule has 0 aliphatic carbocycles. The number of aryl methyl sites for hydroxylation is 1. The highest BCUT2D eigenvalue weighted by Gasteiger charge is 2.54. The zero-order chi connectivity index (χ0) is 21.8. The fourth-order valence-electron chi connectivity index (χ4n) is 4.81. The second-order valence-corrected chi connectivity index (χ2v) is 11.3. The molecule has 31 heavy (non-hydrogen) atoms. The average Bonchev–Trinajstić information content (AvgIpc) is 3.13. The zero-order valence-corrected chi connectivity index (χ0v) is 18.8. The number of sulfone groups is 1. The number of nitrogens with zero attached hydrogens (tertiary/aromatic N) is 2. The zero-order valence-electron chi connectivity index (χ0n) is 17.3. The van der Waals surface area contributed by atoms with E-state index in [0.717, 1.165) is 27.8 Å². The van der Waals surface area contributed by atoms with Gasteiger partial charge in [-0.2, -0.15) is 0 Å². The summed E-state index contributed by atoms with van der Waals surface area (Å²) in [5.74, 6) is 0.249. The van der Waals surface area contributed by atoms with Gasteiger partial charge in [0, 0.05) is 53.2 Å². The van der Waals surface area contributed by atoms with Crippen molar-refractivity contribution in [2.45, 2.75) is 24.9 Å². The van der Waals surface area contributed by atoms with Gasteiger partial charge in [0.05, 0.1) is 12.3 Å². The van der Waals surface area contributed by atoms with Crippen molar-refractivity contribution in [3.63, 3.8) is 0 Å². The molecule has 0 radical (unpaired) electrons. The minimum absolute atomic E-state index is 0.124. The lowest BCUT2D eigenvalue weighted by Gasteiger charge is -2.38. The first-order valence-corrected chi connectivity index (χ1v) is 12.8. The Balaban J connectivity index is 1.53. The first kappa shape index (κ1) is 20.5. The lowest BCUT2D eigenvalue weighted by Crippen LogP contribution is -2.61. The Hall–Kier alpha value is -2.35. The number of aromatic nitrogens is 1. The molecule has 2 aromatic carbocycles. The standard InChI is InChI=1S/C23H24ClN3O3S/c1-31(29,30)10-4-9-26-18(12-16-11-17(24)7-8-20(16)26)13-27-21-6-3-2-5-19(21)23(22(27)28)14-25-15-23/h2-3,5-8,11-12,25H,4,9-10,13-15H2,1H3. The second-order valence-electron chi connectivity index (χ2n) is 8.57. The fourth-order valence-corrected chi connectivity index (χ4v) is 5.65. The van der Waals surface area contributed by atoms with Crippen LogP contribution in [0.25, 0.3) is 10.9 Å². The number of hydrogen-bond donors (Lipinski definition) is 1. The van der Waals surface area contributed by atoms with E-state index in [1.807, 2.05) is 41.3 Å². The van der Waals surface area contributed by atoms with Crippen LogP contribution in [0.1, 0.15) is 17.7 Å². The highest BCUT2D eigenvalue weighted by Crippen LogP contribution is 2.45. The van der Waals surface area contributed by atoms with Crippen LogP contribution in [0.3, 0.4) is 0 Å². The predicted octanol–water partition coefficient (Wildman–Crippen LogP) is 3.12. The molecule has 6 nitrogen and oxygen atoms in total. The van der Waals surface area contributed by atoms with Crippen LogP contribution in [0.2, 0.25) is 5.02 Å². The maximum absolute atomic E-state index is 13.5. The van der Waals surface area contributed by atoms with Gasteiger partial charge in [-0.05, 0) is 42.3 Å². The van der Waals surface area contributed by atoms with E-state index in [-0.39, 0.29) is 11.7 Å². The summed E-state index contributed by atoms with van der Waals surface area (Å²) in [6.45, 7) is 2.31. The summed E-state index contributed by atoms with van der Waals surface area (Å²) in [5, 5.41) is 4.89. The number of anilines is 1. The van der Waals surface area contributed by atoms with E-state index < -0.39 is 15.3 Å². The van der Waals surface area contributed by atoms with Crippen molar-refractivity contribution in [2.24, 2.45) is 0 Å². The van der Waals surface area contributed by atoms with Crippen LogP contribution in [0.4, 0.5) is 5.69 Å². The van der Waals surface area contributed by atoms with E-state index in [2.05, 4.69) is 22.0 Å². The molecule has 0 saturated carbocycles. The second kappa shape index (κ2) is 7.36. The van der Waals surface area contributed by atoms with Gasteiger partial charge >= 0.3 is 0 Å². The van der Waals surface area contributed by atoms with Gasteiger partial charge in [0.2, 0.25) is 5.91 Å². The van der Waals surface area contributed by atoms with Crippen molar-refractivity contribution < 1.29 is 13.2 Å². The Morgan fingerprint density at radius 1 is 1.13 bits per heavy atom. The molecule has 162 valence electrons. The molecular formula is C23H24ClN3O3S. The summed E-state index contributed by atoms with van der Waals surface area (Å²) in [6, 6.07) is 15.8. The quantitative estimate of drug-likeness (QED) is 0.617. The molecule has 1 N–H and O–H groups in total. The lowest BCUT2D eigenvalue weighted by atomic mass is 9.76. The molecule has 2 aliphatic heterocycles. The van der Waals surface area contributed by atoms with Crippen LogP contribution >= 0.6 is 11.6 Å². The molecule has 1 aromatic heterocycles. The van der Waals surface area contributed by atoms with E-state index in [9.17, 15) is 13.2 Å². The van der Waals surface area contributed by atoms with Crippen molar-refractivity contribution in [3.05, 3.63) is 64.8 Å². The van der Waals surface area contributed by atoms with Crippen molar-refractivity contribution >= 4 is 43.9 Å². The van der Waals surface area contributed by atoms with Crippen molar-refractivity contribution in [1.82, 2.24) is 9.88 Å². The molecule has 5 rings (SSSR count). The maximum Gasteiger partial charge on any atom is 0.240 e. The molecule has 3 aromatic rings. The Kier molecular flexibility index (Phi) is 4.88. The maximum atomic E-state index is 13.5. The highest BCUT2D eigenvalue weighted by atomic mass is 35.5. The topological polar surface area (TPSA) is 71.4 Å². The van der Waals surface area contributed by atoms with Crippen LogP contribution in [-0.2, 0) is 33.1 Å². The third kappa shape index (κ3) is 3.45. The summed E-state index contributed by atoms with van der Waals surface area (Å²) >= 11 is 6.21. The molecule has 0 unspecified atom stereocenters. The molecule has 2 aliphatic rings. The van der Waals surface area contributed by atoms with Gasteiger partial charge in [0.25, 0.3) is 0 Å². The number of benzene rings is 2. The Bertz CT molecular complexity index is 1290. The summed E-state index contributed by atoms with van der Waals surface area (Å²) in [7, 11) is -3.04. The fraction of sp³-hybridized carbons (Fsp3) is 0.348. The first-order valence-electron chi connectivity index (χ1n) is 10.4. The monoisotopic (exact) mass is 457 g/mol. The molecule has 1 spiro atoms. The van der Waals surface area contributed by atoms with Crippen LogP contribution in [-0.4, -0.2) is 44.0 Å². The van der Waals surface area contributed by atoms with Crippen LogP contribution < -0.4 is 10.2 Å². The normalized spacial score (nSPS) is 17.4. The van der Waals surface area contributed by atoms with E-state index in [1.54, 1.807) is 0 Å². The van der Waals surface area contributed by atoms with Crippen LogP contribution in [0.15, 0.2) is 48.5 Å². The van der Waals surface area contributed by atoms with Crippen LogP contribution in [0, 0.1) is 0 Å². The molecule has 0 atom stereocenters. The SMILES string of the molecule is CS(=O)(=O)CCCn1c(CN2C(=O)C3(CNC3)c3ccccc32)cc2cc(Cl)ccc21. The predicted molar refractivity (Wildman–Crippen MR) is 123 cm³/mol. The van der Waals surface area contributed by atoms with E-state index in [0.29, 0.717) is 37.6 Å². The number of para-hydroxylation sites is 1. The van der Waals surface area contributed by atoms with Crippen LogP contribution in [0.5, 0.6) is 0 Å². The van der Waals surface area contributed by atoms with Gasteiger partial charge < -0.3 is 14.8 Å². The molecule has 1 amide bonds. The van der Waals surface area contributed by atoms with Gasteiger partial charge in [-0.25, -0.2) is 8.42 Å². The van der Waals surface area contributed by atoms with Gasteiger partial charge in [-0.15, -0.1) is 0 Å². The molecular weight excluding hydrogens is 434 g/mol. The third-order valence-electron chi connectivity index (χ3n) is 6.38. The molecule has 1 fully saturated rings. The largest absolute Gasteiger partial charge is 0.343 e. The average molecular weight is 458 g/mol. The number of carbonyl (C=O) groups excluding carboxylic acids is 1. The van der Waals surface area contributed by atoms with E-state index in [1.165, 1.54) is 6.26 Å². The van der Waals surface area contributed by atoms with E-state index >= 15 is 0 Å². The smallest absolute Gasteiger partial charge is 0.240 e.